The number of fused-ring (bicyclic) bond motifs is 1. The Morgan fingerprint density at radius 3 is 2.93 bits per heavy atom. The van der Waals surface area contributed by atoms with Gasteiger partial charge in [0.2, 0.25) is 11.2 Å². The lowest BCUT2D eigenvalue weighted by Gasteiger charge is -2.33. The number of carbonyl (C=O) groups is 2. The molecule has 1 atom stereocenters. The van der Waals surface area contributed by atoms with E-state index in [2.05, 4.69) is 25.3 Å². The number of anilines is 2. The molecule has 0 spiro atoms. The van der Waals surface area contributed by atoms with Crippen LogP contribution in [0.5, 0.6) is 0 Å². The number of imidazole rings is 1. The SMILES string of the molecule is NC(=O)c1ccccc1NC(=O)C1CCCN(c2nc(Cl)nc3nc[nH]c23)C1. The Labute approximate surface area is 165 Å². The zero-order valence-corrected chi connectivity index (χ0v) is 15.6. The highest BCUT2D eigenvalue weighted by molar-refractivity contribution is 6.28. The van der Waals surface area contributed by atoms with Crippen molar-refractivity contribution in [1.29, 1.82) is 0 Å². The molecule has 0 saturated carbocycles. The number of hydrogen-bond donors (Lipinski definition) is 3. The average molecular weight is 400 g/mol. The highest BCUT2D eigenvalue weighted by atomic mass is 35.5. The Balaban J connectivity index is 1.55. The predicted molar refractivity (Wildman–Crippen MR) is 105 cm³/mol. The van der Waals surface area contributed by atoms with Crippen molar-refractivity contribution in [2.24, 2.45) is 11.7 Å². The van der Waals surface area contributed by atoms with Gasteiger partial charge in [0.25, 0.3) is 5.91 Å². The summed E-state index contributed by atoms with van der Waals surface area (Å²) in [4.78, 5) is 42.0. The van der Waals surface area contributed by atoms with Crippen molar-refractivity contribution in [3.8, 4) is 0 Å². The molecule has 4 N–H and O–H groups in total. The van der Waals surface area contributed by atoms with Gasteiger partial charge >= 0.3 is 0 Å². The van der Waals surface area contributed by atoms with Crippen LogP contribution in [0.4, 0.5) is 11.5 Å². The summed E-state index contributed by atoms with van der Waals surface area (Å²) >= 11 is 6.03. The summed E-state index contributed by atoms with van der Waals surface area (Å²) in [6.45, 7) is 1.20. The summed E-state index contributed by atoms with van der Waals surface area (Å²) in [6, 6.07) is 6.69. The van der Waals surface area contributed by atoms with E-state index in [1.54, 1.807) is 24.3 Å². The minimum atomic E-state index is -0.585. The van der Waals surface area contributed by atoms with Gasteiger partial charge < -0.3 is 20.9 Å². The molecule has 9 nitrogen and oxygen atoms in total. The first-order valence-corrected chi connectivity index (χ1v) is 9.22. The second kappa shape index (κ2) is 7.43. The number of nitrogens with one attached hydrogen (secondary N) is 2. The van der Waals surface area contributed by atoms with E-state index in [4.69, 9.17) is 17.3 Å². The number of piperidine rings is 1. The monoisotopic (exact) mass is 399 g/mol. The molecule has 3 aromatic rings. The maximum atomic E-state index is 12.8. The molecule has 144 valence electrons. The fourth-order valence-corrected chi connectivity index (χ4v) is 3.61. The lowest BCUT2D eigenvalue weighted by molar-refractivity contribution is -0.120. The van der Waals surface area contributed by atoms with E-state index in [0.717, 1.165) is 19.4 Å². The van der Waals surface area contributed by atoms with E-state index < -0.39 is 5.91 Å². The predicted octanol–water partition coefficient (Wildman–Crippen LogP) is 1.96. The average Bonchev–Trinajstić information content (AvgIpc) is 3.16. The number of amides is 2. The molecular weight excluding hydrogens is 382 g/mol. The van der Waals surface area contributed by atoms with Crippen LogP contribution in [0, 0.1) is 5.92 Å². The van der Waals surface area contributed by atoms with Gasteiger partial charge in [-0.05, 0) is 36.6 Å². The second-order valence-corrected chi connectivity index (χ2v) is 6.94. The third-order valence-electron chi connectivity index (χ3n) is 4.78. The maximum Gasteiger partial charge on any atom is 0.250 e. The highest BCUT2D eigenvalue weighted by Gasteiger charge is 2.29. The molecule has 4 rings (SSSR count). The zero-order chi connectivity index (χ0) is 19.7. The van der Waals surface area contributed by atoms with Gasteiger partial charge in [-0.2, -0.15) is 9.97 Å². The number of hydrogen-bond acceptors (Lipinski definition) is 6. The number of nitrogens with zero attached hydrogens (tertiary/aromatic N) is 4. The molecule has 3 heterocycles. The van der Waals surface area contributed by atoms with E-state index >= 15 is 0 Å². The molecular formula is C18H18ClN7O2. The van der Waals surface area contributed by atoms with Crippen LogP contribution >= 0.6 is 11.6 Å². The minimum absolute atomic E-state index is 0.108. The number of primary amides is 1. The molecule has 1 saturated heterocycles. The van der Waals surface area contributed by atoms with Gasteiger partial charge in [0.1, 0.15) is 5.52 Å². The van der Waals surface area contributed by atoms with Crippen molar-refractivity contribution in [1.82, 2.24) is 19.9 Å². The summed E-state index contributed by atoms with van der Waals surface area (Å²) in [5, 5.41) is 2.94. The van der Waals surface area contributed by atoms with E-state index in [1.807, 2.05) is 4.90 Å². The summed E-state index contributed by atoms with van der Waals surface area (Å²) in [6.07, 6.45) is 3.08. The Morgan fingerprint density at radius 1 is 1.29 bits per heavy atom. The van der Waals surface area contributed by atoms with Gasteiger partial charge in [0, 0.05) is 13.1 Å². The largest absolute Gasteiger partial charge is 0.366 e. The van der Waals surface area contributed by atoms with Crippen molar-refractivity contribution in [3.63, 3.8) is 0 Å². The van der Waals surface area contributed by atoms with Crippen LogP contribution in [0.25, 0.3) is 11.2 Å². The number of para-hydroxylation sites is 1. The molecule has 0 radical (unpaired) electrons. The first-order valence-electron chi connectivity index (χ1n) is 8.84. The third-order valence-corrected chi connectivity index (χ3v) is 4.95. The molecule has 2 amide bonds. The fraction of sp³-hybridized carbons (Fsp3) is 0.278. The summed E-state index contributed by atoms with van der Waals surface area (Å²) in [7, 11) is 0. The number of H-pyrrole nitrogens is 1. The minimum Gasteiger partial charge on any atom is -0.366 e. The van der Waals surface area contributed by atoms with Crippen LogP contribution in [0.1, 0.15) is 23.2 Å². The summed E-state index contributed by atoms with van der Waals surface area (Å²) in [5.41, 5.74) is 7.25. The quantitative estimate of drug-likeness (QED) is 0.575. The maximum absolute atomic E-state index is 12.8. The Hall–Kier alpha value is -3.20. The fourth-order valence-electron chi connectivity index (χ4n) is 3.45. The molecule has 1 fully saturated rings. The molecule has 28 heavy (non-hydrogen) atoms. The van der Waals surface area contributed by atoms with Gasteiger partial charge in [-0.3, -0.25) is 9.59 Å². The Kier molecular flexibility index (Phi) is 4.82. The molecule has 1 aliphatic rings. The molecule has 2 aromatic heterocycles. The lowest BCUT2D eigenvalue weighted by atomic mass is 9.96. The van der Waals surface area contributed by atoms with Gasteiger partial charge in [-0.25, -0.2) is 4.98 Å². The van der Waals surface area contributed by atoms with Crippen molar-refractivity contribution in [2.45, 2.75) is 12.8 Å². The first kappa shape index (κ1) is 18.2. The Bertz CT molecular complexity index is 1050. The van der Waals surface area contributed by atoms with Gasteiger partial charge in [-0.15, -0.1) is 0 Å². The molecule has 1 aliphatic heterocycles. The molecule has 0 bridgehead atoms. The van der Waals surface area contributed by atoms with Crippen molar-refractivity contribution in [3.05, 3.63) is 41.4 Å². The second-order valence-electron chi connectivity index (χ2n) is 6.60. The molecule has 10 heteroatoms. The zero-order valence-electron chi connectivity index (χ0n) is 14.9. The number of aromatic nitrogens is 4. The number of halogens is 1. The standard InChI is InChI=1S/C18H18ClN7O2/c19-18-24-15-13(21-9-22-15)16(25-18)26-7-3-4-10(8-26)17(28)23-12-6-2-1-5-11(12)14(20)27/h1-2,5-6,9-10H,3-4,7-8H2,(H2,20,27)(H,23,28)(H,21,22,24,25). The van der Waals surface area contributed by atoms with Crippen LogP contribution < -0.4 is 16.0 Å². The molecule has 1 aromatic carbocycles. The van der Waals surface area contributed by atoms with E-state index in [1.165, 1.54) is 6.33 Å². The summed E-state index contributed by atoms with van der Waals surface area (Å²) in [5.74, 6) is -0.401. The van der Waals surface area contributed by atoms with Crippen LogP contribution in [0.2, 0.25) is 5.28 Å². The number of benzene rings is 1. The number of aromatic amines is 1. The normalized spacial score (nSPS) is 16.9. The van der Waals surface area contributed by atoms with Crippen molar-refractivity contribution >= 4 is 46.1 Å². The Morgan fingerprint density at radius 2 is 2.11 bits per heavy atom. The van der Waals surface area contributed by atoms with E-state index in [0.29, 0.717) is 29.2 Å². The molecule has 0 aliphatic carbocycles. The smallest absolute Gasteiger partial charge is 0.250 e. The molecule has 1 unspecified atom stereocenters. The van der Waals surface area contributed by atoms with Crippen LogP contribution in [0.3, 0.4) is 0 Å². The van der Waals surface area contributed by atoms with Crippen LogP contribution in [-0.2, 0) is 4.79 Å². The number of rotatable bonds is 4. The van der Waals surface area contributed by atoms with Crippen LogP contribution in [0.15, 0.2) is 30.6 Å². The van der Waals surface area contributed by atoms with Gasteiger partial charge in [-0.1, -0.05) is 12.1 Å². The van der Waals surface area contributed by atoms with E-state index in [9.17, 15) is 9.59 Å². The number of nitrogens with two attached hydrogens (primary N) is 1. The number of carbonyl (C=O) groups excluding carboxylic acids is 2. The van der Waals surface area contributed by atoms with Crippen LogP contribution in [-0.4, -0.2) is 44.8 Å². The highest BCUT2D eigenvalue weighted by Crippen LogP contribution is 2.28. The third kappa shape index (κ3) is 3.48. The van der Waals surface area contributed by atoms with E-state index in [-0.39, 0.29) is 22.7 Å². The summed E-state index contributed by atoms with van der Waals surface area (Å²) < 4.78 is 0. The van der Waals surface area contributed by atoms with Crippen molar-refractivity contribution < 1.29 is 9.59 Å². The van der Waals surface area contributed by atoms with Gasteiger partial charge in [0.05, 0.1) is 23.5 Å². The lowest BCUT2D eigenvalue weighted by Crippen LogP contribution is -2.41. The van der Waals surface area contributed by atoms with Gasteiger partial charge in [0.15, 0.2) is 11.5 Å². The van der Waals surface area contributed by atoms with Crippen molar-refractivity contribution in [2.75, 3.05) is 23.3 Å². The first-order chi connectivity index (χ1) is 13.5. The topological polar surface area (TPSA) is 130 Å².